The predicted molar refractivity (Wildman–Crippen MR) is 53.3 cm³/mol. The van der Waals surface area contributed by atoms with E-state index in [1.54, 1.807) is 0 Å². The van der Waals surface area contributed by atoms with Gasteiger partial charge in [0.2, 0.25) is 0 Å². The fourth-order valence-electron chi connectivity index (χ4n) is 1.61. The van der Waals surface area contributed by atoms with Gasteiger partial charge in [-0.3, -0.25) is 0 Å². The van der Waals surface area contributed by atoms with Crippen LogP contribution in [0.3, 0.4) is 0 Å². The van der Waals surface area contributed by atoms with E-state index in [1.165, 1.54) is 38.5 Å². The van der Waals surface area contributed by atoms with Crippen LogP contribution in [0.4, 0.5) is 0 Å². The van der Waals surface area contributed by atoms with Crippen LogP contribution < -0.4 is 0 Å². The maximum atomic E-state index is 2.41. The van der Waals surface area contributed by atoms with Crippen LogP contribution in [-0.2, 0) is 0 Å². The van der Waals surface area contributed by atoms with Crippen LogP contribution >= 0.6 is 22.9 Å². The Hall–Kier alpha value is 0.690. The monoisotopic (exact) mass is 253 g/mol. The van der Waals surface area contributed by atoms with Gasteiger partial charge in [-0.15, -0.1) is 0 Å². The third-order valence-electron chi connectivity index (χ3n) is 2.33. The van der Waals surface area contributed by atoms with E-state index in [-0.39, 0.29) is 0 Å². The normalized spacial score (nSPS) is 23.1. The highest BCUT2D eigenvalue weighted by molar-refractivity contribution is 14.1. The van der Waals surface area contributed by atoms with E-state index in [0.717, 1.165) is 6.04 Å². The summed E-state index contributed by atoms with van der Waals surface area (Å²) in [5.74, 6) is 0. The van der Waals surface area contributed by atoms with Crippen LogP contribution in [0, 0.1) is 0 Å². The van der Waals surface area contributed by atoms with Crippen molar-refractivity contribution in [1.82, 2.24) is 3.11 Å². The molecule has 0 amide bonds. The lowest BCUT2D eigenvalue weighted by Crippen LogP contribution is -2.21. The second-order valence-electron chi connectivity index (χ2n) is 3.17. The Morgan fingerprint density at radius 3 is 2.00 bits per heavy atom. The summed E-state index contributed by atoms with van der Waals surface area (Å²) in [6.07, 6.45) is 8.64. The van der Waals surface area contributed by atoms with E-state index < -0.39 is 0 Å². The second kappa shape index (κ2) is 4.54. The Morgan fingerprint density at radius 1 is 1.10 bits per heavy atom. The molecular formula is C8H16IN. The van der Waals surface area contributed by atoms with E-state index >= 15 is 0 Å². The van der Waals surface area contributed by atoms with Gasteiger partial charge in [0.15, 0.2) is 0 Å². The largest absolute Gasteiger partial charge is 0.248 e. The standard InChI is InChI=1S/C8H16IN/c1-10(9)8-6-4-2-3-5-7-8/h8H,2-7H2,1H3. The van der Waals surface area contributed by atoms with Gasteiger partial charge in [0.25, 0.3) is 0 Å². The van der Waals surface area contributed by atoms with Gasteiger partial charge in [-0.25, -0.2) is 3.11 Å². The fourth-order valence-corrected chi connectivity index (χ4v) is 2.17. The number of rotatable bonds is 1. The fraction of sp³-hybridized carbons (Fsp3) is 1.00. The molecule has 0 aliphatic heterocycles. The van der Waals surface area contributed by atoms with Gasteiger partial charge >= 0.3 is 0 Å². The minimum absolute atomic E-state index is 0.864. The first-order valence-electron chi connectivity index (χ1n) is 4.19. The first-order valence-corrected chi connectivity index (χ1v) is 5.16. The van der Waals surface area contributed by atoms with Gasteiger partial charge in [0.05, 0.1) is 0 Å². The number of halogens is 1. The van der Waals surface area contributed by atoms with Crippen molar-refractivity contribution in [3.8, 4) is 0 Å². The zero-order valence-corrected chi connectivity index (χ0v) is 8.80. The molecular weight excluding hydrogens is 237 g/mol. The number of hydrogen-bond acceptors (Lipinski definition) is 1. The molecule has 1 aliphatic carbocycles. The molecule has 2 heteroatoms. The average molecular weight is 253 g/mol. The second-order valence-corrected chi connectivity index (χ2v) is 4.69. The van der Waals surface area contributed by atoms with E-state index in [2.05, 4.69) is 33.0 Å². The van der Waals surface area contributed by atoms with Gasteiger partial charge in [-0.1, -0.05) is 25.7 Å². The third-order valence-corrected chi connectivity index (χ3v) is 3.12. The molecule has 0 N–H and O–H groups in total. The minimum Gasteiger partial charge on any atom is -0.248 e. The topological polar surface area (TPSA) is 3.24 Å². The molecule has 0 spiro atoms. The molecule has 0 bridgehead atoms. The van der Waals surface area contributed by atoms with Crippen molar-refractivity contribution >= 4 is 22.9 Å². The van der Waals surface area contributed by atoms with Gasteiger partial charge < -0.3 is 0 Å². The summed E-state index contributed by atoms with van der Waals surface area (Å²) < 4.78 is 2.35. The molecule has 1 aliphatic rings. The van der Waals surface area contributed by atoms with E-state index in [1.807, 2.05) is 0 Å². The molecule has 0 aromatic rings. The third kappa shape index (κ3) is 2.74. The van der Waals surface area contributed by atoms with E-state index in [0.29, 0.717) is 0 Å². The van der Waals surface area contributed by atoms with Crippen LogP contribution in [-0.4, -0.2) is 16.2 Å². The first-order chi connectivity index (χ1) is 4.80. The zero-order valence-electron chi connectivity index (χ0n) is 6.65. The molecule has 0 aromatic heterocycles. The van der Waals surface area contributed by atoms with Crippen molar-refractivity contribution in [2.75, 3.05) is 7.05 Å². The highest BCUT2D eigenvalue weighted by Gasteiger charge is 2.13. The van der Waals surface area contributed by atoms with E-state index in [9.17, 15) is 0 Å². The molecule has 0 aromatic carbocycles. The summed E-state index contributed by atoms with van der Waals surface area (Å²) in [5.41, 5.74) is 0. The lowest BCUT2D eigenvalue weighted by molar-refractivity contribution is 0.392. The molecule has 0 saturated heterocycles. The Kier molecular flexibility index (Phi) is 3.99. The quantitative estimate of drug-likeness (QED) is 0.394. The molecule has 10 heavy (non-hydrogen) atoms. The number of hydrogen-bond donors (Lipinski definition) is 0. The molecule has 0 heterocycles. The smallest absolute Gasteiger partial charge is 0.0201 e. The summed E-state index contributed by atoms with van der Waals surface area (Å²) >= 11 is 2.41. The van der Waals surface area contributed by atoms with Crippen LogP contribution in [0.25, 0.3) is 0 Å². The predicted octanol–water partition coefficient (Wildman–Crippen LogP) is 2.99. The molecule has 0 unspecified atom stereocenters. The Morgan fingerprint density at radius 2 is 1.60 bits per heavy atom. The van der Waals surface area contributed by atoms with Crippen molar-refractivity contribution in [3.05, 3.63) is 0 Å². The van der Waals surface area contributed by atoms with Crippen LogP contribution in [0.1, 0.15) is 38.5 Å². The van der Waals surface area contributed by atoms with Crippen molar-refractivity contribution in [1.29, 1.82) is 0 Å². The van der Waals surface area contributed by atoms with E-state index in [4.69, 9.17) is 0 Å². The summed E-state index contributed by atoms with van der Waals surface area (Å²) in [5, 5.41) is 0. The Bertz CT molecular complexity index is 85.3. The molecule has 1 fully saturated rings. The van der Waals surface area contributed by atoms with Gasteiger partial charge in [-0.2, -0.15) is 0 Å². The maximum Gasteiger partial charge on any atom is 0.0201 e. The summed E-state index contributed by atoms with van der Waals surface area (Å²) in [4.78, 5) is 0. The van der Waals surface area contributed by atoms with Gasteiger partial charge in [0.1, 0.15) is 0 Å². The van der Waals surface area contributed by atoms with Gasteiger partial charge in [0, 0.05) is 28.9 Å². The highest BCUT2D eigenvalue weighted by Crippen LogP contribution is 2.22. The van der Waals surface area contributed by atoms with Crippen LogP contribution in [0.5, 0.6) is 0 Å². The van der Waals surface area contributed by atoms with Crippen LogP contribution in [0.2, 0.25) is 0 Å². The Balaban J connectivity index is 2.28. The lowest BCUT2D eigenvalue weighted by atomic mass is 10.1. The molecule has 0 radical (unpaired) electrons. The van der Waals surface area contributed by atoms with Gasteiger partial charge in [-0.05, 0) is 19.9 Å². The van der Waals surface area contributed by atoms with Crippen molar-refractivity contribution in [2.45, 2.75) is 44.6 Å². The minimum atomic E-state index is 0.864. The summed E-state index contributed by atoms with van der Waals surface area (Å²) in [7, 11) is 2.19. The lowest BCUT2D eigenvalue weighted by Gasteiger charge is -2.19. The van der Waals surface area contributed by atoms with Crippen LogP contribution in [0.15, 0.2) is 0 Å². The molecule has 60 valence electrons. The van der Waals surface area contributed by atoms with Crippen molar-refractivity contribution < 1.29 is 0 Å². The molecule has 1 nitrogen and oxygen atoms in total. The SMILES string of the molecule is CN(I)C1CCCCCC1. The highest BCUT2D eigenvalue weighted by atomic mass is 127. The van der Waals surface area contributed by atoms with Crippen molar-refractivity contribution in [3.63, 3.8) is 0 Å². The molecule has 0 atom stereocenters. The zero-order chi connectivity index (χ0) is 7.40. The van der Waals surface area contributed by atoms with Crippen molar-refractivity contribution in [2.24, 2.45) is 0 Å². The Labute approximate surface area is 77.7 Å². The summed E-state index contributed by atoms with van der Waals surface area (Å²) in [6.45, 7) is 0. The molecule has 1 saturated carbocycles. The first kappa shape index (κ1) is 8.78. The average Bonchev–Trinajstić information content (AvgIpc) is 2.12. The summed E-state index contributed by atoms with van der Waals surface area (Å²) in [6, 6.07) is 0.864. The molecule has 1 rings (SSSR count). The number of nitrogens with zero attached hydrogens (tertiary/aromatic N) is 1. The maximum absolute atomic E-state index is 2.41.